The van der Waals surface area contributed by atoms with Crippen LogP contribution in [0.4, 0.5) is 5.69 Å². The van der Waals surface area contributed by atoms with E-state index in [0.29, 0.717) is 11.7 Å². The molecule has 24 heavy (non-hydrogen) atoms. The Morgan fingerprint density at radius 2 is 2.42 bits per heavy atom. The average Bonchev–Trinajstić information content (AvgIpc) is 3.17. The topological polar surface area (TPSA) is 89.0 Å². The van der Waals surface area contributed by atoms with E-state index in [1.807, 2.05) is 24.3 Å². The zero-order valence-electron chi connectivity index (χ0n) is 12.8. The minimum absolute atomic E-state index is 0.0415. The van der Waals surface area contributed by atoms with Crippen molar-refractivity contribution in [2.75, 3.05) is 17.7 Å². The van der Waals surface area contributed by atoms with Gasteiger partial charge in [-0.25, -0.2) is 9.89 Å². The summed E-state index contributed by atoms with van der Waals surface area (Å²) in [6, 6.07) is 7.58. The van der Waals surface area contributed by atoms with Crippen LogP contribution in [-0.2, 0) is 16.1 Å². The van der Waals surface area contributed by atoms with E-state index in [1.165, 1.54) is 11.8 Å². The molecular weight excluding hydrogens is 443 g/mol. The van der Waals surface area contributed by atoms with E-state index in [-0.39, 0.29) is 23.5 Å². The standard InChI is InChI=1S/C15H17IN4O3S/c16-10-3-1-4-11(7-10)17-13(21)9-24-15-19-18-14(22)20(15)8-12-5-2-6-23-12/h1,3-4,7,12H,2,5-6,8-9H2,(H,17,21)(H,18,22). The molecule has 1 amide bonds. The minimum Gasteiger partial charge on any atom is -0.376 e. The van der Waals surface area contributed by atoms with Gasteiger partial charge in [0.2, 0.25) is 5.91 Å². The van der Waals surface area contributed by atoms with Gasteiger partial charge in [0.25, 0.3) is 0 Å². The number of ether oxygens (including phenoxy) is 1. The first-order chi connectivity index (χ1) is 11.6. The molecule has 1 atom stereocenters. The number of amides is 1. The summed E-state index contributed by atoms with van der Waals surface area (Å²) in [5.74, 6) is 0.0440. The molecule has 0 aliphatic carbocycles. The molecule has 0 saturated carbocycles. The molecule has 2 N–H and O–H groups in total. The highest BCUT2D eigenvalue weighted by atomic mass is 127. The minimum atomic E-state index is -0.272. The lowest BCUT2D eigenvalue weighted by Gasteiger charge is -2.11. The summed E-state index contributed by atoms with van der Waals surface area (Å²) in [5.41, 5.74) is 0.484. The van der Waals surface area contributed by atoms with Gasteiger partial charge in [0, 0.05) is 15.9 Å². The molecule has 7 nitrogen and oxygen atoms in total. The van der Waals surface area contributed by atoms with Crippen LogP contribution in [0, 0.1) is 3.57 Å². The molecule has 0 spiro atoms. The van der Waals surface area contributed by atoms with Crippen LogP contribution < -0.4 is 11.0 Å². The van der Waals surface area contributed by atoms with E-state index in [2.05, 4.69) is 38.1 Å². The second-order valence-corrected chi connectivity index (χ2v) is 7.59. The van der Waals surface area contributed by atoms with Gasteiger partial charge in [0.1, 0.15) is 0 Å². The zero-order chi connectivity index (χ0) is 16.9. The van der Waals surface area contributed by atoms with Crippen molar-refractivity contribution in [2.24, 2.45) is 0 Å². The molecule has 1 aliphatic rings. The number of nitrogens with zero attached hydrogens (tertiary/aromatic N) is 2. The van der Waals surface area contributed by atoms with Gasteiger partial charge in [-0.2, -0.15) is 0 Å². The van der Waals surface area contributed by atoms with Crippen molar-refractivity contribution in [2.45, 2.75) is 30.6 Å². The summed E-state index contributed by atoms with van der Waals surface area (Å²) in [7, 11) is 0. The van der Waals surface area contributed by atoms with Crippen LogP contribution in [-0.4, -0.2) is 39.1 Å². The van der Waals surface area contributed by atoms with Crippen LogP contribution in [0.2, 0.25) is 0 Å². The van der Waals surface area contributed by atoms with Crippen LogP contribution in [0.15, 0.2) is 34.2 Å². The van der Waals surface area contributed by atoms with Crippen molar-refractivity contribution in [3.8, 4) is 0 Å². The molecule has 2 aromatic rings. The first-order valence-electron chi connectivity index (χ1n) is 7.57. The van der Waals surface area contributed by atoms with Gasteiger partial charge >= 0.3 is 5.69 Å². The molecule has 3 rings (SSSR count). The number of carbonyl (C=O) groups excluding carboxylic acids is 1. The predicted molar refractivity (Wildman–Crippen MR) is 100 cm³/mol. The number of H-pyrrole nitrogens is 1. The summed E-state index contributed by atoms with van der Waals surface area (Å²) < 4.78 is 8.15. The van der Waals surface area contributed by atoms with Crippen LogP contribution in [0.1, 0.15) is 12.8 Å². The van der Waals surface area contributed by atoms with E-state index >= 15 is 0 Å². The third-order valence-corrected chi connectivity index (χ3v) is 5.22. The normalized spacial score (nSPS) is 17.1. The van der Waals surface area contributed by atoms with E-state index < -0.39 is 0 Å². The SMILES string of the molecule is O=C(CSc1n[nH]c(=O)n1CC1CCCO1)Nc1cccc(I)c1. The molecule has 2 heterocycles. The molecule has 1 aliphatic heterocycles. The Labute approximate surface area is 156 Å². The van der Waals surface area contributed by atoms with Gasteiger partial charge in [-0.3, -0.25) is 9.36 Å². The molecule has 9 heteroatoms. The van der Waals surface area contributed by atoms with Crippen LogP contribution in [0.3, 0.4) is 0 Å². The van der Waals surface area contributed by atoms with Crippen molar-refractivity contribution >= 4 is 45.9 Å². The van der Waals surface area contributed by atoms with Crippen molar-refractivity contribution in [1.29, 1.82) is 0 Å². The maximum absolute atomic E-state index is 12.1. The first kappa shape index (κ1) is 17.5. The summed E-state index contributed by atoms with van der Waals surface area (Å²) >= 11 is 3.43. The molecular formula is C15H17IN4O3S. The number of nitrogens with one attached hydrogen (secondary N) is 2. The number of benzene rings is 1. The Balaban J connectivity index is 1.58. The molecule has 0 radical (unpaired) electrons. The average molecular weight is 460 g/mol. The van der Waals surface area contributed by atoms with Crippen molar-refractivity contribution < 1.29 is 9.53 Å². The number of carbonyl (C=O) groups is 1. The third-order valence-electron chi connectivity index (χ3n) is 3.57. The van der Waals surface area contributed by atoms with E-state index in [1.54, 1.807) is 4.57 Å². The monoisotopic (exact) mass is 460 g/mol. The number of aromatic amines is 1. The van der Waals surface area contributed by atoms with Gasteiger partial charge in [0.15, 0.2) is 5.16 Å². The molecule has 0 bridgehead atoms. The number of hydrogen-bond donors (Lipinski definition) is 2. The van der Waals surface area contributed by atoms with Gasteiger partial charge in [-0.05, 0) is 53.6 Å². The van der Waals surface area contributed by atoms with Crippen LogP contribution in [0.25, 0.3) is 0 Å². The fourth-order valence-electron chi connectivity index (χ4n) is 2.46. The smallest absolute Gasteiger partial charge is 0.344 e. The predicted octanol–water partition coefficient (Wildman–Crippen LogP) is 2.09. The second-order valence-electron chi connectivity index (χ2n) is 5.40. The summed E-state index contributed by atoms with van der Waals surface area (Å²) in [4.78, 5) is 24.0. The first-order valence-corrected chi connectivity index (χ1v) is 9.63. The lowest BCUT2D eigenvalue weighted by atomic mass is 10.2. The number of anilines is 1. The maximum atomic E-state index is 12.1. The number of rotatable bonds is 6. The number of halogens is 1. The number of hydrogen-bond acceptors (Lipinski definition) is 5. The Morgan fingerprint density at radius 1 is 1.54 bits per heavy atom. The highest BCUT2D eigenvalue weighted by Gasteiger charge is 2.20. The summed E-state index contributed by atoms with van der Waals surface area (Å²) in [6.45, 7) is 1.20. The zero-order valence-corrected chi connectivity index (χ0v) is 15.8. The number of thioether (sulfide) groups is 1. The summed E-state index contributed by atoms with van der Waals surface area (Å²) in [5, 5.41) is 9.79. The molecule has 1 aromatic carbocycles. The van der Waals surface area contributed by atoms with Crippen molar-refractivity contribution in [1.82, 2.24) is 14.8 Å². The molecule has 1 saturated heterocycles. The molecule has 1 unspecified atom stereocenters. The van der Waals surface area contributed by atoms with E-state index in [9.17, 15) is 9.59 Å². The van der Waals surface area contributed by atoms with Gasteiger partial charge in [0.05, 0.1) is 18.4 Å². The molecule has 128 valence electrons. The number of aromatic nitrogens is 3. The lowest BCUT2D eigenvalue weighted by molar-refractivity contribution is -0.113. The Bertz CT molecular complexity index is 770. The van der Waals surface area contributed by atoms with Crippen LogP contribution >= 0.6 is 34.4 Å². The largest absolute Gasteiger partial charge is 0.376 e. The quantitative estimate of drug-likeness (QED) is 0.509. The van der Waals surface area contributed by atoms with Gasteiger partial charge in [-0.15, -0.1) is 5.10 Å². The van der Waals surface area contributed by atoms with Crippen molar-refractivity contribution in [3.63, 3.8) is 0 Å². The fraction of sp³-hybridized carbons (Fsp3) is 0.400. The van der Waals surface area contributed by atoms with E-state index in [0.717, 1.165) is 28.7 Å². The van der Waals surface area contributed by atoms with Crippen molar-refractivity contribution in [3.05, 3.63) is 38.3 Å². The molecule has 1 fully saturated rings. The van der Waals surface area contributed by atoms with E-state index in [4.69, 9.17) is 4.74 Å². The third kappa shape index (κ3) is 4.61. The van der Waals surface area contributed by atoms with Crippen LogP contribution in [0.5, 0.6) is 0 Å². The fourth-order valence-corrected chi connectivity index (χ4v) is 3.76. The maximum Gasteiger partial charge on any atom is 0.344 e. The Kier molecular flexibility index (Phi) is 5.95. The second kappa shape index (κ2) is 8.17. The Morgan fingerprint density at radius 3 is 3.17 bits per heavy atom. The lowest BCUT2D eigenvalue weighted by Crippen LogP contribution is -2.25. The summed E-state index contributed by atoms with van der Waals surface area (Å²) in [6.07, 6.45) is 1.99. The van der Waals surface area contributed by atoms with Gasteiger partial charge in [-0.1, -0.05) is 17.8 Å². The van der Waals surface area contributed by atoms with Gasteiger partial charge < -0.3 is 10.1 Å². The molecule has 1 aromatic heterocycles. The highest BCUT2D eigenvalue weighted by molar-refractivity contribution is 14.1. The Hall–Kier alpha value is -1.33. The highest BCUT2D eigenvalue weighted by Crippen LogP contribution is 2.19.